The van der Waals surface area contributed by atoms with Crippen molar-refractivity contribution in [3.63, 3.8) is 0 Å². The molecule has 0 N–H and O–H groups in total. The van der Waals surface area contributed by atoms with Gasteiger partial charge in [-0.05, 0) is 42.7 Å². The number of nitrogens with zero attached hydrogens (tertiary/aromatic N) is 2. The van der Waals surface area contributed by atoms with E-state index in [1.807, 2.05) is 48.5 Å². The van der Waals surface area contributed by atoms with Crippen molar-refractivity contribution in [3.05, 3.63) is 76.4 Å². The molecule has 0 fully saturated rings. The lowest BCUT2D eigenvalue weighted by Gasteiger charge is -2.12. The molecule has 32 heavy (non-hydrogen) atoms. The largest absolute Gasteiger partial charge is 0.489 e. The smallest absolute Gasteiger partial charge is 0.311 e. The maximum Gasteiger partial charge on any atom is 0.311 e. The summed E-state index contributed by atoms with van der Waals surface area (Å²) in [6, 6.07) is 15.9. The van der Waals surface area contributed by atoms with E-state index in [2.05, 4.69) is 11.9 Å². The maximum absolute atomic E-state index is 11.9. The van der Waals surface area contributed by atoms with E-state index < -0.39 is 0 Å². The Kier molecular flexibility index (Phi) is 6.66. The van der Waals surface area contributed by atoms with Crippen molar-refractivity contribution in [2.75, 3.05) is 6.61 Å². The van der Waals surface area contributed by atoms with Crippen LogP contribution < -0.4 is 4.74 Å². The van der Waals surface area contributed by atoms with Gasteiger partial charge in [0.05, 0.1) is 13.0 Å². The van der Waals surface area contributed by atoms with Gasteiger partial charge >= 0.3 is 5.97 Å². The molecule has 4 aromatic rings. The lowest BCUT2D eigenvalue weighted by molar-refractivity contribution is -0.142. The van der Waals surface area contributed by atoms with Crippen LogP contribution in [0.15, 0.2) is 54.7 Å². The van der Waals surface area contributed by atoms with Crippen molar-refractivity contribution in [1.82, 2.24) is 9.38 Å². The summed E-state index contributed by atoms with van der Waals surface area (Å²) in [5, 5.41) is 0. The Morgan fingerprint density at radius 2 is 1.97 bits per heavy atom. The molecule has 2 aromatic heterocycles. The van der Waals surface area contributed by atoms with E-state index >= 15 is 0 Å². The van der Waals surface area contributed by atoms with Gasteiger partial charge in [-0.2, -0.15) is 0 Å². The molecule has 0 radical (unpaired) electrons. The number of carbonyl (C=O) groups excluding carboxylic acids is 2. The van der Waals surface area contributed by atoms with Crippen molar-refractivity contribution >= 4 is 28.6 Å². The van der Waals surface area contributed by atoms with Crippen LogP contribution in [-0.2, 0) is 29.0 Å². The summed E-state index contributed by atoms with van der Waals surface area (Å²) < 4.78 is 12.8. The molecule has 164 valence electrons. The van der Waals surface area contributed by atoms with Crippen molar-refractivity contribution in [3.8, 4) is 17.0 Å². The first kappa shape index (κ1) is 21.8. The summed E-state index contributed by atoms with van der Waals surface area (Å²) in [6.07, 6.45) is 3.56. The van der Waals surface area contributed by atoms with Gasteiger partial charge in [0.1, 0.15) is 23.7 Å². The summed E-state index contributed by atoms with van der Waals surface area (Å²) in [6.45, 7) is 4.69. The van der Waals surface area contributed by atoms with E-state index in [4.69, 9.17) is 9.47 Å². The van der Waals surface area contributed by atoms with Crippen LogP contribution in [0.1, 0.15) is 40.3 Å². The second-order valence-electron chi connectivity index (χ2n) is 7.25. The second-order valence-corrected chi connectivity index (χ2v) is 8.34. The third kappa shape index (κ3) is 4.57. The molecule has 0 aliphatic heterocycles. The number of imidazole rings is 1. The van der Waals surface area contributed by atoms with E-state index in [9.17, 15) is 9.59 Å². The number of aryl methyl sites for hydroxylation is 1. The first-order chi connectivity index (χ1) is 15.6. The molecule has 2 heterocycles. The molecule has 0 saturated carbocycles. The Balaban J connectivity index is 1.60. The predicted molar refractivity (Wildman–Crippen MR) is 124 cm³/mol. The molecule has 6 nitrogen and oxygen atoms in total. The van der Waals surface area contributed by atoms with E-state index in [1.165, 1.54) is 11.3 Å². The van der Waals surface area contributed by atoms with Crippen LogP contribution in [-0.4, -0.2) is 28.2 Å². The summed E-state index contributed by atoms with van der Waals surface area (Å²) in [5.41, 5.74) is 4.10. The quantitative estimate of drug-likeness (QED) is 0.262. The molecule has 0 atom stereocenters. The number of carbonyl (C=O) groups is 2. The predicted octanol–water partition coefficient (Wildman–Crippen LogP) is 5.12. The molecule has 0 aliphatic rings. The van der Waals surface area contributed by atoms with Gasteiger partial charge in [-0.1, -0.05) is 37.3 Å². The molecule has 0 unspecified atom stereocenters. The second kappa shape index (κ2) is 9.78. The summed E-state index contributed by atoms with van der Waals surface area (Å²) in [5.74, 6) is 0.536. The number of esters is 1. The fraction of sp³-hybridized carbons (Fsp3) is 0.240. The van der Waals surface area contributed by atoms with E-state index in [0.717, 1.165) is 40.0 Å². The van der Waals surface area contributed by atoms with Gasteiger partial charge in [0.15, 0.2) is 11.2 Å². The molecule has 2 aromatic carbocycles. The zero-order chi connectivity index (χ0) is 22.5. The number of rotatable bonds is 9. The first-order valence-corrected chi connectivity index (χ1v) is 11.4. The average molecular weight is 449 g/mol. The number of ether oxygens (including phenoxy) is 2. The van der Waals surface area contributed by atoms with Crippen molar-refractivity contribution in [1.29, 1.82) is 0 Å². The highest BCUT2D eigenvalue weighted by Gasteiger charge is 2.18. The number of thiazole rings is 1. The normalized spacial score (nSPS) is 10.9. The molecular formula is C25H24N2O4S. The lowest BCUT2D eigenvalue weighted by atomic mass is 10.0. The molecule has 0 aliphatic carbocycles. The minimum atomic E-state index is -0.288. The van der Waals surface area contributed by atoms with Gasteiger partial charge in [0.2, 0.25) is 0 Å². The number of hydrogen-bond donors (Lipinski definition) is 0. The molecular weight excluding hydrogens is 424 g/mol. The molecule has 0 bridgehead atoms. The minimum Gasteiger partial charge on any atom is -0.489 e. The van der Waals surface area contributed by atoms with Gasteiger partial charge in [-0.3, -0.25) is 14.0 Å². The highest BCUT2D eigenvalue weighted by Crippen LogP contribution is 2.31. The van der Waals surface area contributed by atoms with Crippen LogP contribution in [0.5, 0.6) is 5.75 Å². The minimum absolute atomic E-state index is 0.170. The van der Waals surface area contributed by atoms with Crippen LogP contribution in [0, 0.1) is 0 Å². The fourth-order valence-corrected chi connectivity index (χ4v) is 4.52. The summed E-state index contributed by atoms with van der Waals surface area (Å²) in [7, 11) is 0. The van der Waals surface area contributed by atoms with Gasteiger partial charge in [-0.25, -0.2) is 4.98 Å². The van der Waals surface area contributed by atoms with Crippen LogP contribution in [0.2, 0.25) is 0 Å². The molecule has 0 amide bonds. The van der Waals surface area contributed by atoms with Crippen molar-refractivity contribution in [2.45, 2.75) is 33.3 Å². The van der Waals surface area contributed by atoms with Gasteiger partial charge in [0, 0.05) is 16.6 Å². The number of benzene rings is 2. The number of aldehydes is 1. The third-order valence-corrected chi connectivity index (χ3v) is 6.08. The van der Waals surface area contributed by atoms with Crippen LogP contribution in [0.25, 0.3) is 16.2 Å². The van der Waals surface area contributed by atoms with E-state index in [1.54, 1.807) is 17.5 Å². The Morgan fingerprint density at radius 3 is 2.69 bits per heavy atom. The summed E-state index contributed by atoms with van der Waals surface area (Å²) in [4.78, 5) is 29.9. The Labute approximate surface area is 190 Å². The number of aromatic nitrogens is 2. The van der Waals surface area contributed by atoms with Crippen molar-refractivity contribution < 1.29 is 19.1 Å². The van der Waals surface area contributed by atoms with Gasteiger partial charge in [-0.15, -0.1) is 11.3 Å². The topological polar surface area (TPSA) is 69.9 Å². The molecule has 4 rings (SSSR count). The lowest BCUT2D eigenvalue weighted by Crippen LogP contribution is -2.06. The number of hydrogen-bond acceptors (Lipinski definition) is 6. The molecule has 7 heteroatoms. The number of fused-ring (bicyclic) bond motifs is 1. The molecule has 0 saturated heterocycles. The SMILES string of the molecule is CCOC(=O)Cc1cn2c(C=O)c(-c3ccc(OCc4ccccc4)c(CC)c3)nc2s1. The zero-order valence-corrected chi connectivity index (χ0v) is 18.9. The Bertz CT molecular complexity index is 1240. The van der Waals surface area contributed by atoms with Crippen LogP contribution >= 0.6 is 11.3 Å². The van der Waals surface area contributed by atoms with Gasteiger partial charge < -0.3 is 9.47 Å². The van der Waals surface area contributed by atoms with E-state index in [0.29, 0.717) is 29.6 Å². The zero-order valence-electron chi connectivity index (χ0n) is 18.0. The third-order valence-electron chi connectivity index (χ3n) is 5.10. The Morgan fingerprint density at radius 1 is 1.16 bits per heavy atom. The first-order valence-electron chi connectivity index (χ1n) is 10.5. The van der Waals surface area contributed by atoms with Crippen LogP contribution in [0.3, 0.4) is 0 Å². The standard InChI is InChI=1S/C25H24N2O4S/c1-3-18-12-19(10-11-22(18)31-16-17-8-6-5-7-9-17)24-21(15-28)27-14-20(32-25(27)26-24)13-23(29)30-4-2/h5-12,14-15H,3-4,13,16H2,1-2H3. The van der Waals surface area contributed by atoms with Crippen molar-refractivity contribution in [2.24, 2.45) is 0 Å². The molecule has 0 spiro atoms. The van der Waals surface area contributed by atoms with Crippen LogP contribution in [0.4, 0.5) is 0 Å². The van der Waals surface area contributed by atoms with E-state index in [-0.39, 0.29) is 12.4 Å². The summed E-state index contributed by atoms with van der Waals surface area (Å²) >= 11 is 1.38. The highest BCUT2D eigenvalue weighted by molar-refractivity contribution is 7.17. The fourth-order valence-electron chi connectivity index (χ4n) is 3.55. The van der Waals surface area contributed by atoms with Gasteiger partial charge in [0.25, 0.3) is 0 Å². The average Bonchev–Trinajstić information content (AvgIpc) is 3.35. The Hall–Kier alpha value is -3.45. The monoisotopic (exact) mass is 448 g/mol. The highest BCUT2D eigenvalue weighted by atomic mass is 32.1. The maximum atomic E-state index is 11.9.